The molecule has 8 heteroatoms. The molecule has 1 aromatic carbocycles. The number of benzene rings is 1. The van der Waals surface area contributed by atoms with Crippen molar-refractivity contribution in [2.45, 2.75) is 12.2 Å². The first-order chi connectivity index (χ1) is 12.9. The van der Waals surface area contributed by atoms with Crippen molar-refractivity contribution in [3.63, 3.8) is 0 Å². The molecule has 4 nitrogen and oxygen atoms in total. The van der Waals surface area contributed by atoms with E-state index in [1.165, 1.54) is 18.2 Å². The lowest BCUT2D eigenvalue weighted by atomic mass is 10.1. The number of alkyl halides is 3. The van der Waals surface area contributed by atoms with Gasteiger partial charge in [-0.05, 0) is 41.6 Å². The number of thiophene rings is 1. The Hall–Kier alpha value is -1.90. The molecule has 2 aromatic rings. The number of likely N-dealkylation sites (N-methyl/N-ethyl adjacent to an activating group) is 1. The van der Waals surface area contributed by atoms with Crippen molar-refractivity contribution in [2.75, 3.05) is 39.8 Å². The molecule has 2 heterocycles. The second-order valence-electron chi connectivity index (χ2n) is 6.67. The number of rotatable bonds is 5. The fraction of sp³-hybridized carbons (Fsp3) is 0.421. The number of hydrogen-bond donors (Lipinski definition) is 1. The van der Waals surface area contributed by atoms with Gasteiger partial charge in [-0.3, -0.25) is 9.69 Å². The van der Waals surface area contributed by atoms with Crippen molar-refractivity contribution in [1.29, 1.82) is 0 Å². The van der Waals surface area contributed by atoms with E-state index in [-0.39, 0.29) is 18.2 Å². The first-order valence-corrected chi connectivity index (χ1v) is 9.69. The van der Waals surface area contributed by atoms with Gasteiger partial charge in [0.2, 0.25) is 0 Å². The molecule has 0 aliphatic carbocycles. The van der Waals surface area contributed by atoms with Crippen molar-refractivity contribution >= 4 is 17.2 Å². The minimum atomic E-state index is -4.56. The number of piperazine rings is 1. The summed E-state index contributed by atoms with van der Waals surface area (Å²) in [6.07, 6.45) is -4.56. The molecule has 0 saturated carbocycles. The Balaban J connectivity index is 1.74. The molecule has 1 amide bonds. The zero-order valence-corrected chi connectivity index (χ0v) is 15.8. The quantitative estimate of drug-likeness (QED) is 0.839. The average Bonchev–Trinajstić information content (AvgIpc) is 3.17. The van der Waals surface area contributed by atoms with Gasteiger partial charge in [0.25, 0.3) is 5.91 Å². The predicted octanol–water partition coefficient (Wildman–Crippen LogP) is 3.49. The van der Waals surface area contributed by atoms with Gasteiger partial charge in [-0.15, -0.1) is 0 Å². The first kappa shape index (κ1) is 19.9. The molecule has 1 aliphatic rings. The van der Waals surface area contributed by atoms with Crippen molar-refractivity contribution < 1.29 is 18.0 Å². The highest BCUT2D eigenvalue weighted by Gasteiger charge is 2.35. The topological polar surface area (TPSA) is 35.6 Å². The van der Waals surface area contributed by atoms with Crippen LogP contribution in [0.1, 0.15) is 27.5 Å². The molecule has 0 spiro atoms. The zero-order valence-electron chi connectivity index (χ0n) is 15.0. The summed E-state index contributed by atoms with van der Waals surface area (Å²) >= 11 is 1.57. The lowest BCUT2D eigenvalue weighted by Crippen LogP contribution is -2.48. The van der Waals surface area contributed by atoms with Crippen molar-refractivity contribution in [3.05, 3.63) is 57.8 Å². The predicted molar refractivity (Wildman–Crippen MR) is 99.9 cm³/mol. The van der Waals surface area contributed by atoms with Gasteiger partial charge in [0.1, 0.15) is 0 Å². The van der Waals surface area contributed by atoms with Gasteiger partial charge in [0.15, 0.2) is 0 Å². The standard InChI is InChI=1S/C19H22F3N3OS/c1-24-7-9-25(10-8-24)17(14-6-11-27-13-14)12-23-18(26)15-4-2-3-5-16(15)19(20,21)22/h2-6,11,13,17H,7-10,12H2,1H3,(H,23,26)/t17-/m1/s1. The van der Waals surface area contributed by atoms with Crippen LogP contribution >= 0.6 is 11.3 Å². The Morgan fingerprint density at radius 1 is 1.19 bits per heavy atom. The van der Waals surface area contributed by atoms with E-state index >= 15 is 0 Å². The summed E-state index contributed by atoms with van der Waals surface area (Å²) < 4.78 is 39.5. The van der Waals surface area contributed by atoms with Crippen LogP contribution in [-0.2, 0) is 6.18 Å². The number of nitrogens with one attached hydrogen (secondary N) is 1. The second kappa shape index (κ2) is 8.41. The summed E-state index contributed by atoms with van der Waals surface area (Å²) in [6.45, 7) is 3.82. The molecule has 146 valence electrons. The highest BCUT2D eigenvalue weighted by Crippen LogP contribution is 2.32. The number of carbonyl (C=O) groups excluding carboxylic acids is 1. The van der Waals surface area contributed by atoms with E-state index in [0.29, 0.717) is 0 Å². The lowest BCUT2D eigenvalue weighted by Gasteiger charge is -2.38. The van der Waals surface area contributed by atoms with E-state index in [0.717, 1.165) is 37.8 Å². The molecule has 1 saturated heterocycles. The fourth-order valence-electron chi connectivity index (χ4n) is 3.27. The summed E-state index contributed by atoms with van der Waals surface area (Å²) in [5.74, 6) is -0.697. The van der Waals surface area contributed by atoms with E-state index in [9.17, 15) is 18.0 Å². The average molecular weight is 397 g/mol. The first-order valence-electron chi connectivity index (χ1n) is 8.75. The molecule has 27 heavy (non-hydrogen) atoms. The van der Waals surface area contributed by atoms with Crippen LogP contribution < -0.4 is 5.32 Å². The maximum absolute atomic E-state index is 13.2. The van der Waals surface area contributed by atoms with Gasteiger partial charge in [-0.2, -0.15) is 24.5 Å². The second-order valence-corrected chi connectivity index (χ2v) is 7.45. The van der Waals surface area contributed by atoms with Crippen molar-refractivity contribution in [3.8, 4) is 0 Å². The van der Waals surface area contributed by atoms with E-state index < -0.39 is 17.6 Å². The number of nitrogens with zero attached hydrogens (tertiary/aromatic N) is 2. The van der Waals surface area contributed by atoms with Gasteiger partial charge >= 0.3 is 6.18 Å². The molecule has 1 atom stereocenters. The Morgan fingerprint density at radius 2 is 1.89 bits per heavy atom. The molecule has 0 bridgehead atoms. The zero-order chi connectivity index (χ0) is 19.4. The fourth-order valence-corrected chi connectivity index (χ4v) is 3.98. The molecular weight excluding hydrogens is 375 g/mol. The highest BCUT2D eigenvalue weighted by atomic mass is 32.1. The van der Waals surface area contributed by atoms with Crippen molar-refractivity contribution in [2.24, 2.45) is 0 Å². The molecule has 0 unspecified atom stereocenters. The van der Waals surface area contributed by atoms with Crippen LogP contribution in [0.5, 0.6) is 0 Å². The summed E-state index contributed by atoms with van der Waals surface area (Å²) in [4.78, 5) is 17.0. The van der Waals surface area contributed by atoms with Gasteiger partial charge in [0, 0.05) is 32.7 Å². The Morgan fingerprint density at radius 3 is 2.52 bits per heavy atom. The summed E-state index contributed by atoms with van der Waals surface area (Å²) in [6, 6.07) is 6.84. The summed E-state index contributed by atoms with van der Waals surface area (Å²) in [7, 11) is 2.06. The van der Waals surface area contributed by atoms with E-state index in [1.807, 2.05) is 16.8 Å². The summed E-state index contributed by atoms with van der Waals surface area (Å²) in [5, 5.41) is 6.72. The third-order valence-corrected chi connectivity index (χ3v) is 5.54. The number of amides is 1. The van der Waals surface area contributed by atoms with Crippen LogP contribution in [0.2, 0.25) is 0 Å². The largest absolute Gasteiger partial charge is 0.417 e. The maximum Gasteiger partial charge on any atom is 0.417 e. The van der Waals surface area contributed by atoms with E-state index in [2.05, 4.69) is 22.2 Å². The van der Waals surface area contributed by atoms with Crippen LogP contribution in [0, 0.1) is 0 Å². The molecule has 1 aromatic heterocycles. The van der Waals surface area contributed by atoms with Crippen LogP contribution in [0.25, 0.3) is 0 Å². The SMILES string of the molecule is CN1CCN([C@H](CNC(=O)c2ccccc2C(F)(F)F)c2ccsc2)CC1. The maximum atomic E-state index is 13.2. The van der Waals surface area contributed by atoms with Gasteiger partial charge in [-0.25, -0.2) is 0 Å². The number of hydrogen-bond acceptors (Lipinski definition) is 4. The molecule has 3 rings (SSSR count). The van der Waals surface area contributed by atoms with Crippen molar-refractivity contribution in [1.82, 2.24) is 15.1 Å². The highest BCUT2D eigenvalue weighted by molar-refractivity contribution is 7.07. The molecular formula is C19H22F3N3OS. The Bertz CT molecular complexity index is 756. The monoisotopic (exact) mass is 397 g/mol. The Kier molecular flexibility index (Phi) is 6.18. The molecule has 1 N–H and O–H groups in total. The molecule has 0 radical (unpaired) electrons. The van der Waals surface area contributed by atoms with Crippen LogP contribution in [-0.4, -0.2) is 55.5 Å². The Labute approximate surface area is 160 Å². The third-order valence-electron chi connectivity index (χ3n) is 4.84. The minimum Gasteiger partial charge on any atom is -0.350 e. The van der Waals surface area contributed by atoms with Gasteiger partial charge in [0.05, 0.1) is 17.2 Å². The van der Waals surface area contributed by atoms with E-state index in [4.69, 9.17) is 0 Å². The molecule has 1 fully saturated rings. The van der Waals surface area contributed by atoms with Crippen LogP contribution in [0.15, 0.2) is 41.1 Å². The van der Waals surface area contributed by atoms with Gasteiger partial charge in [-0.1, -0.05) is 12.1 Å². The van der Waals surface area contributed by atoms with Gasteiger partial charge < -0.3 is 10.2 Å². The normalized spacial score (nSPS) is 17.6. The number of carbonyl (C=O) groups is 1. The summed E-state index contributed by atoms with van der Waals surface area (Å²) in [5.41, 5.74) is -0.171. The smallest absolute Gasteiger partial charge is 0.350 e. The minimum absolute atomic E-state index is 0.0491. The van der Waals surface area contributed by atoms with Crippen LogP contribution in [0.3, 0.4) is 0 Å². The number of halogens is 3. The molecule has 1 aliphatic heterocycles. The third kappa shape index (κ3) is 4.88. The lowest BCUT2D eigenvalue weighted by molar-refractivity contribution is -0.137. The van der Waals surface area contributed by atoms with Crippen LogP contribution in [0.4, 0.5) is 13.2 Å². The van der Waals surface area contributed by atoms with E-state index in [1.54, 1.807) is 11.3 Å².